The van der Waals surface area contributed by atoms with Gasteiger partial charge in [0.1, 0.15) is 18.8 Å². The predicted octanol–water partition coefficient (Wildman–Crippen LogP) is 6.18. The molecule has 1 amide bonds. The van der Waals surface area contributed by atoms with E-state index in [0.717, 1.165) is 69.2 Å². The minimum Gasteiger partial charge on any atom is -0.484 e. The molecule has 1 N–H and O–H groups in total. The zero-order valence-electron chi connectivity index (χ0n) is 31.8. The number of ether oxygens (including phenoxy) is 5. The molecule has 4 aromatic rings. The van der Waals surface area contributed by atoms with Crippen molar-refractivity contribution >= 4 is 32.0 Å². The average Bonchev–Trinajstić information content (AvgIpc) is 3.18. The molecule has 2 aromatic carbocycles. The summed E-state index contributed by atoms with van der Waals surface area (Å²) >= 11 is 0. The lowest BCUT2D eigenvalue weighted by Gasteiger charge is -2.35. The SMILES string of the molecule is CC(C)(C)OC(=O)N1CCN(Cc2ccc([C@H]3COc4cccnc4O3)cc2)CC1.Cl.S.c1cnc2c(c1)OC[C@H](c1ccc(CN3CCNCC3)cc1)O2. The second-order valence-electron chi connectivity index (χ2n) is 14.7. The Hall–Kier alpha value is -4.27. The number of nitrogens with one attached hydrogen (secondary N) is 1. The van der Waals surface area contributed by atoms with Gasteiger partial charge in [0.25, 0.3) is 11.8 Å². The van der Waals surface area contributed by atoms with E-state index in [1.165, 1.54) is 11.1 Å². The van der Waals surface area contributed by atoms with E-state index in [0.29, 0.717) is 43.8 Å². The number of halogens is 1. The maximum Gasteiger partial charge on any atom is 0.410 e. The number of rotatable bonds is 6. The molecule has 296 valence electrons. The van der Waals surface area contributed by atoms with E-state index in [2.05, 4.69) is 73.6 Å². The number of carbonyl (C=O) groups excluding carboxylic acids is 1. The molecule has 6 heterocycles. The molecule has 4 aliphatic heterocycles. The van der Waals surface area contributed by atoms with E-state index in [4.69, 9.17) is 23.7 Å². The van der Waals surface area contributed by atoms with Crippen LogP contribution >= 0.6 is 25.9 Å². The number of fused-ring (bicyclic) bond motifs is 2. The van der Waals surface area contributed by atoms with E-state index < -0.39 is 5.60 Å². The maximum absolute atomic E-state index is 12.2. The Morgan fingerprint density at radius 1 is 0.709 bits per heavy atom. The molecule has 0 spiro atoms. The lowest BCUT2D eigenvalue weighted by Crippen LogP contribution is -2.49. The second kappa shape index (κ2) is 19.5. The van der Waals surface area contributed by atoms with Crippen LogP contribution in [0.2, 0.25) is 0 Å². The van der Waals surface area contributed by atoms with Crippen LogP contribution in [0.1, 0.15) is 55.2 Å². The van der Waals surface area contributed by atoms with Crippen LogP contribution in [0, 0.1) is 0 Å². The van der Waals surface area contributed by atoms with Crippen molar-refractivity contribution in [2.45, 2.75) is 51.7 Å². The van der Waals surface area contributed by atoms with E-state index in [-0.39, 0.29) is 44.2 Å². The third-order valence-electron chi connectivity index (χ3n) is 9.51. The van der Waals surface area contributed by atoms with Gasteiger partial charge < -0.3 is 33.9 Å². The summed E-state index contributed by atoms with van der Waals surface area (Å²) in [5.41, 5.74) is 4.32. The zero-order chi connectivity index (χ0) is 36.6. The Balaban J connectivity index is 0.000000210. The van der Waals surface area contributed by atoms with Crippen molar-refractivity contribution in [1.82, 2.24) is 30.0 Å². The van der Waals surface area contributed by atoms with Gasteiger partial charge in [-0.1, -0.05) is 48.5 Å². The average molecular weight is 793 g/mol. The van der Waals surface area contributed by atoms with Gasteiger partial charge >= 0.3 is 6.09 Å². The first kappa shape index (κ1) is 41.9. The minimum atomic E-state index is -0.457. The van der Waals surface area contributed by atoms with E-state index in [9.17, 15) is 4.79 Å². The molecular weight excluding hydrogens is 740 g/mol. The molecule has 2 saturated heterocycles. The molecule has 0 aliphatic carbocycles. The Kier molecular flexibility index (Phi) is 14.9. The monoisotopic (exact) mass is 792 g/mol. The van der Waals surface area contributed by atoms with Crippen LogP contribution in [0.3, 0.4) is 0 Å². The number of piperazine rings is 2. The van der Waals surface area contributed by atoms with Gasteiger partial charge in [0.2, 0.25) is 0 Å². The van der Waals surface area contributed by atoms with Gasteiger partial charge in [-0.2, -0.15) is 13.5 Å². The Bertz CT molecular complexity index is 1800. The van der Waals surface area contributed by atoms with Crippen molar-refractivity contribution in [3.05, 3.63) is 107 Å². The number of amides is 1. The zero-order valence-corrected chi connectivity index (χ0v) is 33.6. The quantitative estimate of drug-likeness (QED) is 0.242. The summed E-state index contributed by atoms with van der Waals surface area (Å²) < 4.78 is 28.9. The van der Waals surface area contributed by atoms with Crippen LogP contribution in [0.5, 0.6) is 23.3 Å². The van der Waals surface area contributed by atoms with Gasteiger partial charge in [-0.3, -0.25) is 9.80 Å². The number of nitrogens with zero attached hydrogens (tertiary/aromatic N) is 5. The number of carbonyl (C=O) groups is 1. The van der Waals surface area contributed by atoms with Crippen LogP contribution in [-0.4, -0.2) is 102 Å². The van der Waals surface area contributed by atoms with Crippen molar-refractivity contribution in [3.63, 3.8) is 0 Å². The molecule has 8 rings (SSSR count). The molecule has 55 heavy (non-hydrogen) atoms. The number of benzene rings is 2. The third kappa shape index (κ3) is 11.6. The summed E-state index contributed by atoms with van der Waals surface area (Å²) in [6, 6.07) is 24.5. The third-order valence-corrected chi connectivity index (χ3v) is 9.51. The first-order chi connectivity index (χ1) is 25.8. The Morgan fingerprint density at radius 2 is 1.16 bits per heavy atom. The summed E-state index contributed by atoms with van der Waals surface area (Å²) in [6.45, 7) is 16.0. The molecule has 14 heteroatoms. The van der Waals surface area contributed by atoms with E-state index in [1.807, 2.05) is 45.0 Å². The number of aromatic nitrogens is 2. The summed E-state index contributed by atoms with van der Waals surface area (Å²) in [4.78, 5) is 27.3. The largest absolute Gasteiger partial charge is 0.484 e. The smallest absolute Gasteiger partial charge is 0.410 e. The highest BCUT2D eigenvalue weighted by Crippen LogP contribution is 2.35. The van der Waals surface area contributed by atoms with Crippen LogP contribution in [0.25, 0.3) is 0 Å². The number of hydrogen-bond donors (Lipinski definition) is 1. The fourth-order valence-electron chi connectivity index (χ4n) is 6.62. The van der Waals surface area contributed by atoms with Crippen LogP contribution < -0.4 is 24.3 Å². The van der Waals surface area contributed by atoms with Crippen LogP contribution in [0.4, 0.5) is 4.79 Å². The molecule has 0 unspecified atom stereocenters. The molecule has 12 nitrogen and oxygen atoms in total. The van der Waals surface area contributed by atoms with Crippen molar-refractivity contribution < 1.29 is 28.5 Å². The lowest BCUT2D eigenvalue weighted by atomic mass is 10.1. The van der Waals surface area contributed by atoms with Crippen LogP contribution in [-0.2, 0) is 17.8 Å². The highest BCUT2D eigenvalue weighted by atomic mass is 35.5. The van der Waals surface area contributed by atoms with Crippen molar-refractivity contribution in [2.24, 2.45) is 0 Å². The number of hydrogen-bond acceptors (Lipinski definition) is 11. The molecule has 2 atom stereocenters. The predicted molar refractivity (Wildman–Crippen MR) is 218 cm³/mol. The van der Waals surface area contributed by atoms with Crippen molar-refractivity contribution in [1.29, 1.82) is 0 Å². The summed E-state index contributed by atoms with van der Waals surface area (Å²) in [5.74, 6) is 2.53. The topological polar surface area (TPSA) is 111 Å². The minimum absolute atomic E-state index is 0. The highest BCUT2D eigenvalue weighted by molar-refractivity contribution is 7.59. The standard InChI is InChI=1S/C23H29N3O4.C18H21N3O2.ClH.H2S/c1-23(2,3)30-22(27)26-13-11-25(12-14-26)15-17-6-8-18(9-7-17)20-16-28-19-5-4-10-24-21(19)29-20;1-2-16-18(20-7-1)23-17(13-22-16)15-5-3-14(4-6-15)12-21-10-8-19-9-11-21;;/h4-10,20H,11-16H2,1-3H3;1-7,17,19H,8-13H2;1H;1H2/t20-;17-;;/m11../s1. The highest BCUT2D eigenvalue weighted by Gasteiger charge is 2.27. The first-order valence-corrected chi connectivity index (χ1v) is 18.6. The van der Waals surface area contributed by atoms with E-state index in [1.54, 1.807) is 17.3 Å². The van der Waals surface area contributed by atoms with Gasteiger partial charge in [-0.15, -0.1) is 12.4 Å². The second-order valence-corrected chi connectivity index (χ2v) is 14.7. The molecule has 0 radical (unpaired) electrons. The molecule has 4 aliphatic rings. The normalized spacial score (nSPS) is 19.4. The molecule has 0 bridgehead atoms. The maximum atomic E-state index is 12.2. The van der Waals surface area contributed by atoms with E-state index >= 15 is 0 Å². The summed E-state index contributed by atoms with van der Waals surface area (Å²) in [7, 11) is 0. The fourth-order valence-corrected chi connectivity index (χ4v) is 6.62. The fraction of sp³-hybridized carbons (Fsp3) is 0.439. The molecule has 0 saturated carbocycles. The van der Waals surface area contributed by atoms with Crippen molar-refractivity contribution in [3.8, 4) is 23.3 Å². The van der Waals surface area contributed by atoms with Gasteiger partial charge in [-0.05, 0) is 67.3 Å². The van der Waals surface area contributed by atoms with Crippen LogP contribution in [0.15, 0.2) is 85.2 Å². The van der Waals surface area contributed by atoms with Crippen molar-refractivity contribution in [2.75, 3.05) is 65.6 Å². The molecule has 2 fully saturated rings. The lowest BCUT2D eigenvalue weighted by molar-refractivity contribution is 0.0139. The van der Waals surface area contributed by atoms with Gasteiger partial charge in [0.15, 0.2) is 23.7 Å². The van der Waals surface area contributed by atoms with Gasteiger partial charge in [0, 0.05) is 77.8 Å². The summed E-state index contributed by atoms with van der Waals surface area (Å²) in [5, 5.41) is 3.38. The van der Waals surface area contributed by atoms with Gasteiger partial charge in [-0.25, -0.2) is 14.8 Å². The first-order valence-electron chi connectivity index (χ1n) is 18.6. The molecule has 2 aromatic heterocycles. The van der Waals surface area contributed by atoms with Gasteiger partial charge in [0.05, 0.1) is 0 Å². The number of pyridine rings is 2. The molecular formula is C41H53ClN6O6S. The Labute approximate surface area is 337 Å². The summed E-state index contributed by atoms with van der Waals surface area (Å²) in [6.07, 6.45) is 2.96. The Morgan fingerprint density at radius 3 is 1.62 bits per heavy atom.